The monoisotopic (exact) mass is 191 g/mol. The molecule has 0 radical (unpaired) electrons. The van der Waals surface area contributed by atoms with Crippen molar-refractivity contribution in [1.82, 2.24) is 0 Å². The minimum atomic E-state index is -0.830. The summed E-state index contributed by atoms with van der Waals surface area (Å²) in [6.45, 7) is 6.97. The molecule has 0 bridgehead atoms. The second-order valence-electron chi connectivity index (χ2n) is 4.65. The second kappa shape index (κ2) is 3.91. The van der Waals surface area contributed by atoms with Gasteiger partial charge in [-0.2, -0.15) is 0 Å². The van der Waals surface area contributed by atoms with E-state index in [0.717, 1.165) is 0 Å². The Hall–Kier alpha value is -0.840. The van der Waals surface area contributed by atoms with Crippen molar-refractivity contribution in [3.63, 3.8) is 0 Å². The Morgan fingerprint density at radius 1 is 1.38 bits per heavy atom. The molecule has 0 amide bonds. The summed E-state index contributed by atoms with van der Waals surface area (Å²) >= 11 is 0. The molecular formula is C8H17NO4. The van der Waals surface area contributed by atoms with Crippen LogP contribution in [0.4, 0.5) is 0 Å². The van der Waals surface area contributed by atoms with E-state index >= 15 is 0 Å². The van der Waals surface area contributed by atoms with Crippen molar-refractivity contribution in [2.24, 2.45) is 5.41 Å². The highest BCUT2D eigenvalue weighted by Crippen LogP contribution is 2.27. The fourth-order valence-electron chi connectivity index (χ4n) is 1.45. The molecule has 1 N–H and O–H groups in total. The zero-order chi connectivity index (χ0) is 10.7. The van der Waals surface area contributed by atoms with Crippen LogP contribution in [-0.2, 0) is 4.84 Å². The molecule has 0 aromatic rings. The lowest BCUT2D eigenvalue weighted by Gasteiger charge is -2.30. The van der Waals surface area contributed by atoms with Crippen molar-refractivity contribution in [3.8, 4) is 0 Å². The van der Waals surface area contributed by atoms with E-state index in [1.165, 1.54) is 0 Å². The maximum Gasteiger partial charge on any atom is 0.294 e. The van der Waals surface area contributed by atoms with Gasteiger partial charge in [0, 0.05) is 0 Å². The molecule has 0 rings (SSSR count). The molecule has 0 spiro atoms. The molecule has 5 nitrogen and oxygen atoms in total. The lowest BCUT2D eigenvalue weighted by atomic mass is 9.83. The van der Waals surface area contributed by atoms with Crippen LogP contribution in [0.25, 0.3) is 0 Å². The largest absolute Gasteiger partial charge is 0.390 e. The first-order valence-corrected chi connectivity index (χ1v) is 4.12. The third kappa shape index (κ3) is 7.52. The molecule has 0 aromatic carbocycles. The Balaban J connectivity index is 4.01. The standard InChI is InChI=1S/C8H17NO4/c1-7(2,5-8(3,4)10)6-13-9(11)12/h10H,5-6H2,1-4H3. The van der Waals surface area contributed by atoms with Crippen LogP contribution in [0.15, 0.2) is 0 Å². The third-order valence-electron chi connectivity index (χ3n) is 1.47. The van der Waals surface area contributed by atoms with Gasteiger partial charge in [-0.1, -0.05) is 13.8 Å². The highest BCUT2D eigenvalue weighted by atomic mass is 16.9. The van der Waals surface area contributed by atoms with Crippen LogP contribution in [0.3, 0.4) is 0 Å². The van der Waals surface area contributed by atoms with Gasteiger partial charge in [0.2, 0.25) is 0 Å². The van der Waals surface area contributed by atoms with Crippen LogP contribution < -0.4 is 0 Å². The molecule has 0 atom stereocenters. The molecule has 0 saturated carbocycles. The second-order valence-corrected chi connectivity index (χ2v) is 4.65. The average molecular weight is 191 g/mol. The molecule has 13 heavy (non-hydrogen) atoms. The number of aliphatic hydroxyl groups is 1. The van der Waals surface area contributed by atoms with E-state index in [1.807, 2.05) is 13.8 Å². The van der Waals surface area contributed by atoms with Gasteiger partial charge < -0.3 is 9.94 Å². The Morgan fingerprint density at radius 2 is 1.85 bits per heavy atom. The highest BCUT2D eigenvalue weighted by molar-refractivity contribution is 4.77. The Bertz CT molecular complexity index is 183. The summed E-state index contributed by atoms with van der Waals surface area (Å²) in [7, 11) is 0. The van der Waals surface area contributed by atoms with Gasteiger partial charge in [-0.05, 0) is 25.7 Å². The third-order valence-corrected chi connectivity index (χ3v) is 1.47. The highest BCUT2D eigenvalue weighted by Gasteiger charge is 2.27. The van der Waals surface area contributed by atoms with E-state index in [2.05, 4.69) is 4.84 Å². The van der Waals surface area contributed by atoms with Crippen molar-refractivity contribution in [2.45, 2.75) is 39.7 Å². The van der Waals surface area contributed by atoms with Crippen molar-refractivity contribution in [3.05, 3.63) is 10.1 Å². The smallest absolute Gasteiger partial charge is 0.294 e. The molecule has 5 heteroatoms. The summed E-state index contributed by atoms with van der Waals surface area (Å²) in [6, 6.07) is 0. The maximum absolute atomic E-state index is 9.93. The van der Waals surface area contributed by atoms with Gasteiger partial charge in [-0.3, -0.25) is 0 Å². The van der Waals surface area contributed by atoms with Gasteiger partial charge in [-0.15, -0.1) is 10.1 Å². The lowest BCUT2D eigenvalue weighted by Crippen LogP contribution is -2.32. The minimum Gasteiger partial charge on any atom is -0.390 e. The Morgan fingerprint density at radius 3 is 2.15 bits per heavy atom. The Kier molecular flexibility index (Phi) is 3.66. The average Bonchev–Trinajstić information content (AvgIpc) is 1.78. The SMILES string of the molecule is CC(C)(O)CC(C)(C)CO[N+](=O)[O-]. The summed E-state index contributed by atoms with van der Waals surface area (Å²) in [6.07, 6.45) is 0.452. The van der Waals surface area contributed by atoms with E-state index in [1.54, 1.807) is 13.8 Å². The number of nitrogens with zero attached hydrogens (tertiary/aromatic N) is 1. The Labute approximate surface area is 77.8 Å². The number of rotatable bonds is 5. The molecular weight excluding hydrogens is 174 g/mol. The van der Waals surface area contributed by atoms with Gasteiger partial charge in [0.15, 0.2) is 0 Å². The van der Waals surface area contributed by atoms with E-state index in [9.17, 15) is 15.2 Å². The van der Waals surface area contributed by atoms with Crippen LogP contribution >= 0.6 is 0 Å². The van der Waals surface area contributed by atoms with Gasteiger partial charge >= 0.3 is 0 Å². The van der Waals surface area contributed by atoms with Crippen molar-refractivity contribution in [2.75, 3.05) is 6.61 Å². The topological polar surface area (TPSA) is 72.6 Å². The summed E-state index contributed by atoms with van der Waals surface area (Å²) < 4.78 is 0. The molecule has 0 aromatic heterocycles. The van der Waals surface area contributed by atoms with Gasteiger partial charge in [-0.25, -0.2) is 0 Å². The first-order valence-electron chi connectivity index (χ1n) is 4.12. The number of hydrogen-bond donors (Lipinski definition) is 1. The van der Waals surface area contributed by atoms with E-state index in [-0.39, 0.29) is 6.61 Å². The minimum absolute atomic E-state index is 0.00396. The fraction of sp³-hybridized carbons (Fsp3) is 1.00. The van der Waals surface area contributed by atoms with Crippen LogP contribution in [0.2, 0.25) is 0 Å². The van der Waals surface area contributed by atoms with Crippen molar-refractivity contribution < 1.29 is 15.0 Å². The summed E-state index contributed by atoms with van der Waals surface area (Å²) in [5.41, 5.74) is -1.23. The molecule has 0 heterocycles. The summed E-state index contributed by atoms with van der Waals surface area (Å²) in [5.74, 6) is 0. The zero-order valence-corrected chi connectivity index (χ0v) is 8.53. The maximum atomic E-state index is 9.93. The van der Waals surface area contributed by atoms with E-state index < -0.39 is 16.1 Å². The first-order chi connectivity index (χ1) is 5.62. The van der Waals surface area contributed by atoms with Gasteiger partial charge in [0.05, 0.1) is 5.60 Å². The lowest BCUT2D eigenvalue weighted by molar-refractivity contribution is -0.760. The molecule has 0 aliphatic rings. The van der Waals surface area contributed by atoms with Crippen LogP contribution in [-0.4, -0.2) is 22.4 Å². The quantitative estimate of drug-likeness (QED) is 0.526. The van der Waals surface area contributed by atoms with E-state index in [0.29, 0.717) is 6.42 Å². The van der Waals surface area contributed by atoms with Gasteiger partial charge in [0.1, 0.15) is 6.61 Å². The van der Waals surface area contributed by atoms with Crippen LogP contribution in [0.1, 0.15) is 34.1 Å². The van der Waals surface area contributed by atoms with Crippen LogP contribution in [0, 0.1) is 15.5 Å². The molecule has 78 valence electrons. The van der Waals surface area contributed by atoms with Crippen molar-refractivity contribution in [1.29, 1.82) is 0 Å². The van der Waals surface area contributed by atoms with Crippen LogP contribution in [0.5, 0.6) is 0 Å². The number of hydrogen-bond acceptors (Lipinski definition) is 4. The molecule has 0 aliphatic heterocycles. The fourth-order valence-corrected chi connectivity index (χ4v) is 1.45. The van der Waals surface area contributed by atoms with Crippen molar-refractivity contribution >= 4 is 0 Å². The summed E-state index contributed by atoms with van der Waals surface area (Å²) in [5, 5.41) is 18.6. The molecule has 0 saturated heterocycles. The zero-order valence-electron chi connectivity index (χ0n) is 8.53. The predicted octanol–water partition coefficient (Wildman–Crippen LogP) is 1.38. The predicted molar refractivity (Wildman–Crippen MR) is 47.6 cm³/mol. The van der Waals surface area contributed by atoms with E-state index in [4.69, 9.17) is 0 Å². The normalized spacial score (nSPS) is 12.7. The molecule has 0 aliphatic carbocycles. The van der Waals surface area contributed by atoms with Gasteiger partial charge in [0.25, 0.3) is 5.09 Å². The first kappa shape index (κ1) is 12.2. The molecule has 0 unspecified atom stereocenters. The summed E-state index contributed by atoms with van der Waals surface area (Å²) in [4.78, 5) is 14.2. The molecule has 0 fully saturated rings.